The van der Waals surface area contributed by atoms with Gasteiger partial charge in [0, 0.05) is 42.2 Å². The minimum absolute atomic E-state index is 0.00369. The van der Waals surface area contributed by atoms with Crippen LogP contribution in [0.25, 0.3) is 17.0 Å². The maximum Gasteiger partial charge on any atom is 0.247 e. The Morgan fingerprint density at radius 3 is 2.82 bits per heavy atom. The molecule has 2 aliphatic rings. The Hall–Kier alpha value is -4.03. The van der Waals surface area contributed by atoms with Crippen molar-refractivity contribution < 1.29 is 14.3 Å². The van der Waals surface area contributed by atoms with E-state index in [1.165, 1.54) is 16.5 Å². The molecular formula is C33H35N3O3. The molecule has 0 aliphatic carbocycles. The van der Waals surface area contributed by atoms with E-state index in [4.69, 9.17) is 9.47 Å². The predicted octanol–water partition coefficient (Wildman–Crippen LogP) is 5.62. The zero-order valence-electron chi connectivity index (χ0n) is 22.7. The molecule has 0 saturated carbocycles. The zero-order chi connectivity index (χ0) is 26.8. The molecule has 200 valence electrons. The largest absolute Gasteiger partial charge is 0.493 e. The first-order valence-electron chi connectivity index (χ1n) is 13.9. The Morgan fingerprint density at radius 1 is 1.13 bits per heavy atom. The van der Waals surface area contributed by atoms with E-state index in [9.17, 15) is 4.79 Å². The van der Waals surface area contributed by atoms with E-state index in [2.05, 4.69) is 66.3 Å². The van der Waals surface area contributed by atoms with Crippen molar-refractivity contribution in [3.05, 3.63) is 101 Å². The van der Waals surface area contributed by atoms with E-state index < -0.39 is 0 Å². The lowest BCUT2D eigenvalue weighted by atomic mass is 9.91. The molecular weight excluding hydrogens is 486 g/mol. The first-order valence-corrected chi connectivity index (χ1v) is 13.9. The summed E-state index contributed by atoms with van der Waals surface area (Å²) in [5, 5.41) is 1.24. The molecule has 0 saturated heterocycles. The van der Waals surface area contributed by atoms with E-state index in [-0.39, 0.29) is 11.9 Å². The van der Waals surface area contributed by atoms with Gasteiger partial charge in [0.25, 0.3) is 0 Å². The molecule has 0 radical (unpaired) electrons. The summed E-state index contributed by atoms with van der Waals surface area (Å²) >= 11 is 0. The Morgan fingerprint density at radius 2 is 1.97 bits per heavy atom. The van der Waals surface area contributed by atoms with Crippen LogP contribution in [0.15, 0.2) is 72.8 Å². The maximum atomic E-state index is 13.7. The number of nitrogens with one attached hydrogen (secondary N) is 1. The minimum atomic E-state index is -0.179. The van der Waals surface area contributed by atoms with Crippen molar-refractivity contribution in [2.45, 2.75) is 25.8 Å². The molecule has 2 aliphatic heterocycles. The van der Waals surface area contributed by atoms with Gasteiger partial charge >= 0.3 is 0 Å². The van der Waals surface area contributed by atoms with Crippen LogP contribution in [-0.4, -0.2) is 60.6 Å². The molecule has 3 aromatic carbocycles. The molecule has 6 rings (SSSR count). The minimum Gasteiger partial charge on any atom is -0.493 e. The van der Waals surface area contributed by atoms with Gasteiger partial charge in [-0.2, -0.15) is 0 Å². The normalized spacial score (nSPS) is 16.5. The van der Waals surface area contributed by atoms with Gasteiger partial charge in [0.05, 0.1) is 12.6 Å². The van der Waals surface area contributed by atoms with Gasteiger partial charge in [-0.1, -0.05) is 43.3 Å². The average molecular weight is 522 g/mol. The summed E-state index contributed by atoms with van der Waals surface area (Å²) in [6.07, 6.45) is 5.32. The molecule has 39 heavy (non-hydrogen) atoms. The number of carbonyl (C=O) groups is 1. The van der Waals surface area contributed by atoms with E-state index in [0.29, 0.717) is 19.8 Å². The van der Waals surface area contributed by atoms with Crippen molar-refractivity contribution >= 4 is 22.9 Å². The van der Waals surface area contributed by atoms with Gasteiger partial charge < -0.3 is 24.3 Å². The number of rotatable bonds is 8. The molecule has 6 heteroatoms. The van der Waals surface area contributed by atoms with Crippen LogP contribution in [0.5, 0.6) is 11.5 Å². The van der Waals surface area contributed by atoms with Crippen LogP contribution >= 0.6 is 0 Å². The molecule has 0 bridgehead atoms. The monoisotopic (exact) mass is 521 g/mol. The highest BCUT2D eigenvalue weighted by Gasteiger charge is 2.34. The molecule has 0 unspecified atom stereocenters. The summed E-state index contributed by atoms with van der Waals surface area (Å²) < 4.78 is 11.6. The Bertz CT molecular complexity index is 1500. The quantitative estimate of drug-likeness (QED) is 0.306. The number of hydrogen-bond donors (Lipinski definition) is 1. The van der Waals surface area contributed by atoms with Gasteiger partial charge in [-0.15, -0.1) is 0 Å². The summed E-state index contributed by atoms with van der Waals surface area (Å²) in [5.74, 6) is 1.80. The molecule has 4 aromatic rings. The van der Waals surface area contributed by atoms with Gasteiger partial charge in [0.15, 0.2) is 0 Å². The van der Waals surface area contributed by atoms with E-state index in [1.54, 1.807) is 6.08 Å². The van der Waals surface area contributed by atoms with E-state index in [0.717, 1.165) is 59.8 Å². The lowest BCUT2D eigenvalue weighted by Crippen LogP contribution is -2.39. The molecule has 0 spiro atoms. The Labute approximate surface area is 229 Å². The number of amides is 1. The number of carbonyl (C=O) groups excluding carboxylic acids is 1. The van der Waals surface area contributed by atoms with Gasteiger partial charge in [-0.25, -0.2) is 0 Å². The fourth-order valence-corrected chi connectivity index (χ4v) is 5.62. The molecule has 6 nitrogen and oxygen atoms in total. The van der Waals surface area contributed by atoms with Crippen molar-refractivity contribution in [3.8, 4) is 11.5 Å². The summed E-state index contributed by atoms with van der Waals surface area (Å²) in [7, 11) is 2.08. The number of fused-ring (bicyclic) bond motifs is 4. The summed E-state index contributed by atoms with van der Waals surface area (Å²) in [5.41, 5.74) is 6.83. The van der Waals surface area contributed by atoms with Crippen LogP contribution in [0, 0.1) is 0 Å². The predicted molar refractivity (Wildman–Crippen MR) is 155 cm³/mol. The lowest BCUT2D eigenvalue weighted by Gasteiger charge is -2.36. The summed E-state index contributed by atoms with van der Waals surface area (Å²) in [6, 6.07) is 22.5. The number of benzene rings is 3. The third-order valence-corrected chi connectivity index (χ3v) is 7.93. The third kappa shape index (κ3) is 5.17. The second-order valence-electron chi connectivity index (χ2n) is 10.4. The first-order chi connectivity index (χ1) is 19.1. The van der Waals surface area contributed by atoms with Gasteiger partial charge in [0.1, 0.15) is 18.1 Å². The smallest absolute Gasteiger partial charge is 0.247 e. The van der Waals surface area contributed by atoms with Crippen LogP contribution in [0.1, 0.15) is 40.9 Å². The highest BCUT2D eigenvalue weighted by molar-refractivity contribution is 5.93. The van der Waals surface area contributed by atoms with Gasteiger partial charge in [-0.05, 0) is 78.7 Å². The highest BCUT2D eigenvalue weighted by Crippen LogP contribution is 2.40. The Kier molecular flexibility index (Phi) is 7.12. The zero-order valence-corrected chi connectivity index (χ0v) is 22.7. The molecule has 0 fully saturated rings. The topological polar surface area (TPSA) is 57.8 Å². The fraction of sp³-hybridized carbons (Fsp3) is 0.303. The van der Waals surface area contributed by atoms with Crippen LogP contribution < -0.4 is 9.47 Å². The van der Waals surface area contributed by atoms with Gasteiger partial charge in [-0.3, -0.25) is 4.79 Å². The maximum absolute atomic E-state index is 13.7. The number of nitrogens with zero attached hydrogens (tertiary/aromatic N) is 2. The van der Waals surface area contributed by atoms with E-state index in [1.807, 2.05) is 35.2 Å². The second-order valence-corrected chi connectivity index (χ2v) is 10.4. The number of aromatic nitrogens is 1. The third-order valence-electron chi connectivity index (χ3n) is 7.93. The lowest BCUT2D eigenvalue weighted by molar-refractivity contribution is -0.128. The van der Waals surface area contributed by atoms with Crippen molar-refractivity contribution in [2.75, 3.05) is 39.9 Å². The molecule has 1 amide bonds. The van der Waals surface area contributed by atoms with Crippen LogP contribution in [0.3, 0.4) is 0 Å². The van der Waals surface area contributed by atoms with Crippen molar-refractivity contribution in [3.63, 3.8) is 0 Å². The first kappa shape index (κ1) is 25.3. The van der Waals surface area contributed by atoms with Crippen LogP contribution in [0.4, 0.5) is 0 Å². The number of likely N-dealkylation sites (N-methyl/N-ethyl adjacent to an activating group) is 1. The van der Waals surface area contributed by atoms with Gasteiger partial charge in [0.2, 0.25) is 5.91 Å². The Balaban J connectivity index is 1.24. The number of H-pyrrole nitrogens is 1. The number of para-hydroxylation sites is 1. The molecule has 1 N–H and O–H groups in total. The average Bonchev–Trinajstić information content (AvgIpc) is 3.60. The van der Waals surface area contributed by atoms with Crippen LogP contribution in [-0.2, 0) is 17.6 Å². The highest BCUT2D eigenvalue weighted by atomic mass is 16.5. The number of aromatic amines is 1. The molecule has 1 aromatic heterocycles. The number of hydrogen-bond acceptors (Lipinski definition) is 4. The number of ether oxygens (including phenoxy) is 2. The van der Waals surface area contributed by atoms with E-state index >= 15 is 0 Å². The summed E-state index contributed by atoms with van der Waals surface area (Å²) in [4.78, 5) is 21.6. The SMILES string of the molecule is CCN(C)CCOc1ccc(C=CC(=O)N2CCc3c([nH]c4ccccc34)[C@H]2c2ccc3c(c2)CCO3)cc1. The molecule has 1 atom stereocenters. The van der Waals surface area contributed by atoms with Crippen molar-refractivity contribution in [2.24, 2.45) is 0 Å². The second kappa shape index (κ2) is 11.0. The van der Waals surface area contributed by atoms with Crippen LogP contribution in [0.2, 0.25) is 0 Å². The summed E-state index contributed by atoms with van der Waals surface area (Å²) in [6.45, 7) is 6.05. The fourth-order valence-electron chi connectivity index (χ4n) is 5.62. The standard InChI is InChI=1S/C33H35N3O3/c1-3-35(2)19-21-38-26-12-8-23(9-13-26)10-15-31(37)36-18-16-28-27-6-4-5-7-29(27)34-32(28)33(36)25-11-14-30-24(22-25)17-20-39-30/h4-15,22,33-34H,3,16-21H2,1-2H3/t33-/m1/s1. The van der Waals surface area contributed by atoms with Crippen molar-refractivity contribution in [1.29, 1.82) is 0 Å². The van der Waals surface area contributed by atoms with Crippen molar-refractivity contribution in [1.82, 2.24) is 14.8 Å². The molecule has 3 heterocycles.